The summed E-state index contributed by atoms with van der Waals surface area (Å²) in [5.41, 5.74) is 4.54. The smallest absolute Gasteiger partial charge is 0.115 e. The van der Waals surface area contributed by atoms with E-state index in [9.17, 15) is 0 Å². The highest BCUT2D eigenvalue weighted by atomic mass is 15.3. The summed E-state index contributed by atoms with van der Waals surface area (Å²) in [5.74, 6) is 5.54. The van der Waals surface area contributed by atoms with Crippen molar-refractivity contribution in [1.29, 1.82) is 0 Å². The molecule has 84 valence electrons. The summed E-state index contributed by atoms with van der Waals surface area (Å²) >= 11 is 0. The van der Waals surface area contributed by atoms with Crippen LogP contribution in [-0.4, -0.2) is 19.7 Å². The third-order valence-corrected chi connectivity index (χ3v) is 2.38. The zero-order chi connectivity index (χ0) is 11.4. The minimum absolute atomic E-state index is 0.150. The van der Waals surface area contributed by atoms with Crippen LogP contribution >= 0.6 is 0 Å². The number of aryl methyl sites for hydroxylation is 1. The molecule has 0 aromatic carbocycles. The molecule has 0 aliphatic rings. The molecular weight excluding hydrogens is 204 g/mol. The molecule has 2 rings (SSSR count). The normalized spacial score (nSPS) is 12.6. The lowest BCUT2D eigenvalue weighted by atomic mass is 10.1. The summed E-state index contributed by atoms with van der Waals surface area (Å²) in [5, 5.41) is 4.21. The first-order valence-corrected chi connectivity index (χ1v) is 5.09. The first-order chi connectivity index (χ1) is 7.85. The molecule has 16 heavy (non-hydrogen) atoms. The Morgan fingerprint density at radius 2 is 2.44 bits per heavy atom. The van der Waals surface area contributed by atoms with Crippen LogP contribution in [-0.2, 0) is 6.54 Å². The summed E-state index contributed by atoms with van der Waals surface area (Å²) in [6, 6.07) is 1.68. The molecule has 0 amide bonds. The van der Waals surface area contributed by atoms with Gasteiger partial charge in [-0.3, -0.25) is 10.5 Å². The Morgan fingerprint density at radius 1 is 1.56 bits per heavy atom. The Hall–Kier alpha value is -1.79. The van der Waals surface area contributed by atoms with Crippen LogP contribution in [0.15, 0.2) is 31.0 Å². The molecule has 0 aliphatic carbocycles. The summed E-state index contributed by atoms with van der Waals surface area (Å²) in [4.78, 5) is 8.05. The summed E-state index contributed by atoms with van der Waals surface area (Å²) in [6.07, 6.45) is 6.93. The number of hydrogen-bond donors (Lipinski definition) is 2. The van der Waals surface area contributed by atoms with E-state index >= 15 is 0 Å². The highest BCUT2D eigenvalue weighted by Crippen LogP contribution is 2.17. The maximum Gasteiger partial charge on any atom is 0.115 e. The minimum atomic E-state index is -0.150. The van der Waals surface area contributed by atoms with Crippen LogP contribution in [0.5, 0.6) is 0 Å². The fourth-order valence-electron chi connectivity index (χ4n) is 1.53. The molecule has 1 unspecified atom stereocenters. The van der Waals surface area contributed by atoms with Crippen LogP contribution in [0.3, 0.4) is 0 Å². The van der Waals surface area contributed by atoms with Gasteiger partial charge in [0, 0.05) is 24.5 Å². The van der Waals surface area contributed by atoms with Gasteiger partial charge in [0.25, 0.3) is 0 Å². The average Bonchev–Trinajstić information content (AvgIpc) is 2.80. The number of nitrogens with two attached hydrogens (primary N) is 1. The topological polar surface area (TPSA) is 81.7 Å². The molecule has 0 saturated carbocycles. The van der Waals surface area contributed by atoms with Gasteiger partial charge < -0.3 is 0 Å². The average molecular weight is 218 g/mol. The number of aromatic nitrogens is 4. The maximum atomic E-state index is 5.54. The Morgan fingerprint density at radius 3 is 3.00 bits per heavy atom. The molecule has 6 nitrogen and oxygen atoms in total. The van der Waals surface area contributed by atoms with Gasteiger partial charge in [-0.15, -0.1) is 0 Å². The molecule has 2 aromatic rings. The minimum Gasteiger partial charge on any atom is -0.273 e. The third-order valence-electron chi connectivity index (χ3n) is 2.38. The molecule has 0 fully saturated rings. The van der Waals surface area contributed by atoms with Crippen LogP contribution < -0.4 is 11.3 Å². The lowest BCUT2D eigenvalue weighted by Gasteiger charge is -2.12. The van der Waals surface area contributed by atoms with Crippen LogP contribution in [0.1, 0.15) is 24.2 Å². The van der Waals surface area contributed by atoms with Crippen molar-refractivity contribution in [2.45, 2.75) is 19.5 Å². The van der Waals surface area contributed by atoms with E-state index in [4.69, 9.17) is 5.84 Å². The Kier molecular flexibility index (Phi) is 3.23. The second kappa shape index (κ2) is 4.82. The van der Waals surface area contributed by atoms with E-state index in [1.165, 1.54) is 6.33 Å². The third kappa shape index (κ3) is 2.07. The van der Waals surface area contributed by atoms with Gasteiger partial charge in [-0.1, -0.05) is 0 Å². The van der Waals surface area contributed by atoms with Gasteiger partial charge in [0.2, 0.25) is 0 Å². The van der Waals surface area contributed by atoms with Crippen LogP contribution in [0.4, 0.5) is 0 Å². The molecule has 6 heteroatoms. The predicted molar refractivity (Wildman–Crippen MR) is 59.1 cm³/mol. The van der Waals surface area contributed by atoms with E-state index < -0.39 is 0 Å². The first kappa shape index (κ1) is 10.7. The first-order valence-electron chi connectivity index (χ1n) is 5.09. The van der Waals surface area contributed by atoms with E-state index in [1.807, 2.05) is 23.9 Å². The number of hydrogen-bond acceptors (Lipinski definition) is 5. The van der Waals surface area contributed by atoms with Crippen molar-refractivity contribution >= 4 is 0 Å². The molecule has 0 radical (unpaired) electrons. The number of rotatable bonds is 4. The largest absolute Gasteiger partial charge is 0.273 e. The number of hydrazine groups is 1. The quantitative estimate of drug-likeness (QED) is 0.567. The number of nitrogens with one attached hydrogen (secondary N) is 1. The Balaban J connectivity index is 2.29. The molecule has 0 bridgehead atoms. The van der Waals surface area contributed by atoms with Crippen molar-refractivity contribution in [2.24, 2.45) is 5.84 Å². The maximum absolute atomic E-state index is 5.54. The fourth-order valence-corrected chi connectivity index (χ4v) is 1.53. The van der Waals surface area contributed by atoms with Crippen molar-refractivity contribution in [1.82, 2.24) is 25.2 Å². The SMILES string of the molecule is CCn1cc(C(NN)c2ccncn2)cn1. The lowest BCUT2D eigenvalue weighted by molar-refractivity contribution is 0.614. The zero-order valence-corrected chi connectivity index (χ0v) is 9.04. The highest BCUT2D eigenvalue weighted by molar-refractivity contribution is 5.22. The van der Waals surface area contributed by atoms with Gasteiger partial charge in [0.05, 0.1) is 17.9 Å². The van der Waals surface area contributed by atoms with Gasteiger partial charge in [0.1, 0.15) is 6.33 Å². The van der Waals surface area contributed by atoms with Crippen molar-refractivity contribution in [3.8, 4) is 0 Å². The van der Waals surface area contributed by atoms with Gasteiger partial charge in [-0.2, -0.15) is 5.10 Å². The van der Waals surface area contributed by atoms with Crippen molar-refractivity contribution in [3.05, 3.63) is 42.2 Å². The molecule has 0 aliphatic heterocycles. The van der Waals surface area contributed by atoms with E-state index in [0.29, 0.717) is 0 Å². The molecule has 2 heterocycles. The monoisotopic (exact) mass is 218 g/mol. The summed E-state index contributed by atoms with van der Waals surface area (Å²) < 4.78 is 1.85. The van der Waals surface area contributed by atoms with E-state index in [-0.39, 0.29) is 6.04 Å². The van der Waals surface area contributed by atoms with Gasteiger partial charge in [-0.05, 0) is 13.0 Å². The van der Waals surface area contributed by atoms with Gasteiger partial charge in [-0.25, -0.2) is 15.4 Å². The van der Waals surface area contributed by atoms with Crippen molar-refractivity contribution in [2.75, 3.05) is 0 Å². The molecule has 3 N–H and O–H groups in total. The van der Waals surface area contributed by atoms with Gasteiger partial charge in [0.15, 0.2) is 0 Å². The van der Waals surface area contributed by atoms with E-state index in [2.05, 4.69) is 20.5 Å². The van der Waals surface area contributed by atoms with E-state index in [0.717, 1.165) is 17.8 Å². The molecular formula is C10H14N6. The van der Waals surface area contributed by atoms with Crippen LogP contribution in [0, 0.1) is 0 Å². The molecule has 0 spiro atoms. The molecule has 2 aromatic heterocycles. The molecule has 0 saturated heterocycles. The van der Waals surface area contributed by atoms with Crippen molar-refractivity contribution < 1.29 is 0 Å². The Bertz CT molecular complexity index is 438. The lowest BCUT2D eigenvalue weighted by Crippen LogP contribution is -2.29. The second-order valence-corrected chi connectivity index (χ2v) is 3.36. The summed E-state index contributed by atoms with van der Waals surface area (Å²) in [7, 11) is 0. The fraction of sp³-hybridized carbons (Fsp3) is 0.300. The standard InChI is InChI=1S/C10H14N6/c1-2-16-6-8(5-14-16)10(15-11)9-3-4-12-7-13-9/h3-7,10,15H,2,11H2,1H3. The highest BCUT2D eigenvalue weighted by Gasteiger charge is 2.15. The molecule has 1 atom stereocenters. The summed E-state index contributed by atoms with van der Waals surface area (Å²) in [6.45, 7) is 2.87. The van der Waals surface area contributed by atoms with Crippen LogP contribution in [0.2, 0.25) is 0 Å². The second-order valence-electron chi connectivity index (χ2n) is 3.36. The van der Waals surface area contributed by atoms with Crippen LogP contribution in [0.25, 0.3) is 0 Å². The Labute approximate surface area is 93.5 Å². The zero-order valence-electron chi connectivity index (χ0n) is 9.04. The predicted octanol–water partition coefficient (Wildman–Crippen LogP) is 0.246. The van der Waals surface area contributed by atoms with Crippen molar-refractivity contribution in [3.63, 3.8) is 0 Å². The van der Waals surface area contributed by atoms with E-state index in [1.54, 1.807) is 12.4 Å². The number of nitrogens with zero attached hydrogens (tertiary/aromatic N) is 4. The van der Waals surface area contributed by atoms with Gasteiger partial charge >= 0.3 is 0 Å².